The third kappa shape index (κ3) is 4.99. The number of ether oxygens (including phenoxy) is 2. The van der Waals surface area contributed by atoms with Crippen molar-refractivity contribution < 1.29 is 29.0 Å². The van der Waals surface area contributed by atoms with Gasteiger partial charge in [-0.3, -0.25) is 14.5 Å². The molecule has 2 aromatic carbocycles. The van der Waals surface area contributed by atoms with Crippen LogP contribution in [0.3, 0.4) is 0 Å². The summed E-state index contributed by atoms with van der Waals surface area (Å²) < 4.78 is 10.9. The number of hydrogen-bond donors (Lipinski definition) is 1. The van der Waals surface area contributed by atoms with Crippen LogP contribution < -0.4 is 9.47 Å². The molecule has 1 amide bonds. The molecular weight excluding hydrogens is 450 g/mol. The molecule has 2 aromatic rings. The number of halogens is 1. The molecule has 0 bridgehead atoms. The number of carbonyl (C=O) groups excluding carboxylic acids is 2. The summed E-state index contributed by atoms with van der Waals surface area (Å²) in [6.07, 6.45) is 1.56. The van der Waals surface area contributed by atoms with Gasteiger partial charge in [-0.15, -0.1) is 0 Å². The van der Waals surface area contributed by atoms with Crippen LogP contribution in [0.15, 0.2) is 47.4 Å². The molecule has 0 unspecified atom stereocenters. The molecule has 0 aromatic heterocycles. The zero-order valence-electron chi connectivity index (χ0n) is 15.5. The molecule has 3 rings (SSSR count). The Morgan fingerprint density at radius 3 is 2.53 bits per heavy atom. The van der Waals surface area contributed by atoms with Crippen LogP contribution in [0.25, 0.3) is 6.08 Å². The number of esters is 1. The Morgan fingerprint density at radius 1 is 1.20 bits per heavy atom. The average molecular weight is 464 g/mol. The van der Waals surface area contributed by atoms with E-state index in [1.807, 2.05) is 0 Å². The van der Waals surface area contributed by atoms with Gasteiger partial charge in [0.2, 0.25) is 0 Å². The molecule has 1 aliphatic rings. The van der Waals surface area contributed by atoms with E-state index >= 15 is 0 Å². The Hall–Kier alpha value is -2.88. The second-order valence-corrected chi connectivity index (χ2v) is 8.08. The minimum Gasteiger partial charge on any atom is -0.493 e. The van der Waals surface area contributed by atoms with Crippen LogP contribution in [0.4, 0.5) is 0 Å². The highest BCUT2D eigenvalue weighted by atomic mass is 35.5. The van der Waals surface area contributed by atoms with E-state index in [2.05, 4.69) is 0 Å². The quantitative estimate of drug-likeness (QED) is 0.299. The predicted octanol–water partition coefficient (Wildman–Crippen LogP) is 3.85. The van der Waals surface area contributed by atoms with Gasteiger partial charge in [-0.25, -0.2) is 4.79 Å². The van der Waals surface area contributed by atoms with E-state index in [1.165, 1.54) is 13.2 Å². The van der Waals surface area contributed by atoms with E-state index in [9.17, 15) is 14.4 Å². The monoisotopic (exact) mass is 463 g/mol. The Morgan fingerprint density at radius 2 is 1.90 bits per heavy atom. The van der Waals surface area contributed by atoms with E-state index in [0.717, 1.165) is 16.7 Å². The van der Waals surface area contributed by atoms with Gasteiger partial charge in [0.15, 0.2) is 11.5 Å². The number of carbonyl (C=O) groups is 3. The number of carboxylic acid groups (broad SMARTS) is 1. The number of nitrogens with zero attached hydrogens (tertiary/aromatic N) is 1. The van der Waals surface area contributed by atoms with E-state index in [-0.39, 0.29) is 20.7 Å². The summed E-state index contributed by atoms with van der Waals surface area (Å²) in [6, 6.07) is 11.0. The highest BCUT2D eigenvalue weighted by Crippen LogP contribution is 2.35. The fraction of sp³-hybridized carbons (Fsp3) is 0.100. The van der Waals surface area contributed by atoms with E-state index in [1.54, 1.807) is 42.5 Å². The smallest absolute Gasteiger partial charge is 0.343 e. The van der Waals surface area contributed by atoms with E-state index in [0.29, 0.717) is 16.1 Å². The van der Waals surface area contributed by atoms with Gasteiger partial charge in [-0.2, -0.15) is 0 Å². The molecule has 0 saturated carbocycles. The summed E-state index contributed by atoms with van der Waals surface area (Å²) in [5, 5.41) is 9.41. The number of thioether (sulfide) groups is 1. The number of carboxylic acids is 1. The van der Waals surface area contributed by atoms with Crippen molar-refractivity contribution in [2.24, 2.45) is 0 Å². The molecule has 0 radical (unpaired) electrons. The van der Waals surface area contributed by atoms with Crippen LogP contribution in [0.5, 0.6) is 11.5 Å². The highest BCUT2D eigenvalue weighted by molar-refractivity contribution is 8.26. The first kappa shape index (κ1) is 21.8. The number of hydrogen-bond acceptors (Lipinski definition) is 7. The molecule has 1 fully saturated rings. The van der Waals surface area contributed by atoms with Crippen molar-refractivity contribution in [1.82, 2.24) is 4.90 Å². The lowest BCUT2D eigenvalue weighted by atomic mass is 10.1. The van der Waals surface area contributed by atoms with Crippen molar-refractivity contribution in [2.75, 3.05) is 13.7 Å². The maximum absolute atomic E-state index is 12.4. The largest absolute Gasteiger partial charge is 0.493 e. The average Bonchev–Trinajstić information content (AvgIpc) is 2.96. The standard InChI is InChI=1S/C20H14ClNO6S2/c1-27-15-8-11(9-16-18(25)22(10-17(23)24)20(29)30-16)2-7-14(15)28-19(26)12-3-5-13(21)6-4-12/h2-9H,10H2,1H3,(H,23,24). The van der Waals surface area contributed by atoms with Crippen molar-refractivity contribution in [3.05, 3.63) is 63.5 Å². The first-order valence-electron chi connectivity index (χ1n) is 8.41. The number of thiocarbonyl (C=S) groups is 1. The number of rotatable bonds is 6. The molecule has 0 spiro atoms. The third-order valence-corrected chi connectivity index (χ3v) is 5.56. The first-order chi connectivity index (χ1) is 14.3. The van der Waals surface area contributed by atoms with Crippen molar-refractivity contribution in [3.8, 4) is 11.5 Å². The SMILES string of the molecule is COc1cc(C=C2SC(=S)N(CC(=O)O)C2=O)ccc1OC(=O)c1ccc(Cl)cc1. The Balaban J connectivity index is 1.80. The lowest BCUT2D eigenvalue weighted by Crippen LogP contribution is -2.33. The summed E-state index contributed by atoms with van der Waals surface area (Å²) >= 11 is 11.9. The summed E-state index contributed by atoms with van der Waals surface area (Å²) in [5.74, 6) is -1.72. The summed E-state index contributed by atoms with van der Waals surface area (Å²) in [7, 11) is 1.42. The molecule has 1 N–H and O–H groups in total. The fourth-order valence-corrected chi connectivity index (χ4v) is 3.91. The molecule has 1 aliphatic heterocycles. The third-order valence-electron chi connectivity index (χ3n) is 3.93. The zero-order chi connectivity index (χ0) is 21.8. The number of amides is 1. The minimum atomic E-state index is -1.15. The van der Waals surface area contributed by atoms with Crippen molar-refractivity contribution in [1.29, 1.82) is 0 Å². The molecule has 1 heterocycles. The van der Waals surface area contributed by atoms with Crippen LogP contribution in [0, 0.1) is 0 Å². The Bertz CT molecular complexity index is 1070. The van der Waals surface area contributed by atoms with Gasteiger partial charge in [0, 0.05) is 5.02 Å². The molecule has 1 saturated heterocycles. The second kappa shape index (κ2) is 9.29. The molecule has 30 heavy (non-hydrogen) atoms. The minimum absolute atomic E-state index is 0.175. The molecule has 7 nitrogen and oxygen atoms in total. The molecule has 0 aliphatic carbocycles. The first-order valence-corrected chi connectivity index (χ1v) is 10.0. The lowest BCUT2D eigenvalue weighted by molar-refractivity contribution is -0.140. The van der Waals surface area contributed by atoms with Gasteiger partial charge in [0.25, 0.3) is 5.91 Å². The highest BCUT2D eigenvalue weighted by Gasteiger charge is 2.33. The van der Waals surface area contributed by atoms with Crippen molar-refractivity contribution in [3.63, 3.8) is 0 Å². The van der Waals surface area contributed by atoms with Crippen LogP contribution in [0.1, 0.15) is 15.9 Å². The summed E-state index contributed by atoms with van der Waals surface area (Å²) in [6.45, 7) is -0.495. The maximum Gasteiger partial charge on any atom is 0.343 e. The predicted molar refractivity (Wildman–Crippen MR) is 117 cm³/mol. The number of methoxy groups -OCH3 is 1. The summed E-state index contributed by atoms with van der Waals surface area (Å²) in [4.78, 5) is 36.9. The van der Waals surface area contributed by atoms with Gasteiger partial charge in [-0.1, -0.05) is 41.6 Å². The molecule has 10 heteroatoms. The topological polar surface area (TPSA) is 93.1 Å². The van der Waals surface area contributed by atoms with Crippen molar-refractivity contribution >= 4 is 63.8 Å². The van der Waals surface area contributed by atoms with Gasteiger partial charge in [0.1, 0.15) is 10.9 Å². The number of benzene rings is 2. The second-order valence-electron chi connectivity index (χ2n) is 5.97. The number of aliphatic carboxylic acids is 1. The molecule has 154 valence electrons. The molecular formula is C20H14ClNO6S2. The van der Waals surface area contributed by atoms with Gasteiger partial charge in [0.05, 0.1) is 17.6 Å². The van der Waals surface area contributed by atoms with E-state index in [4.69, 9.17) is 38.4 Å². The van der Waals surface area contributed by atoms with Crippen LogP contribution in [-0.2, 0) is 9.59 Å². The Kier molecular flexibility index (Phi) is 6.76. The van der Waals surface area contributed by atoms with E-state index < -0.39 is 24.4 Å². The van der Waals surface area contributed by atoms with Gasteiger partial charge in [-0.05, 0) is 48.0 Å². The normalized spacial score (nSPS) is 14.9. The van der Waals surface area contributed by atoms with Crippen LogP contribution in [0.2, 0.25) is 5.02 Å². The fourth-order valence-electron chi connectivity index (χ4n) is 2.53. The van der Waals surface area contributed by atoms with Crippen molar-refractivity contribution in [2.45, 2.75) is 0 Å². The lowest BCUT2D eigenvalue weighted by Gasteiger charge is -2.11. The Labute approximate surface area is 186 Å². The van der Waals surface area contributed by atoms with Crippen LogP contribution >= 0.6 is 35.6 Å². The maximum atomic E-state index is 12.4. The summed E-state index contributed by atoms with van der Waals surface area (Å²) in [5.41, 5.74) is 0.918. The van der Waals surface area contributed by atoms with Crippen LogP contribution in [-0.4, -0.2) is 45.8 Å². The molecule has 0 atom stereocenters. The van der Waals surface area contributed by atoms with Gasteiger partial charge < -0.3 is 14.6 Å². The zero-order valence-corrected chi connectivity index (χ0v) is 17.8. The van der Waals surface area contributed by atoms with Gasteiger partial charge >= 0.3 is 11.9 Å².